The third-order valence-electron chi connectivity index (χ3n) is 4.43. The first-order valence-corrected chi connectivity index (χ1v) is 9.64. The fourth-order valence-corrected chi connectivity index (χ4v) is 3.10. The SMILES string of the molecule is N#Cc1ccccc1COc1ccccc1/C=N\n1c(-c2ccccc2)n[nH]c1=S. The molecule has 0 aliphatic carbocycles. The molecule has 0 unspecified atom stereocenters. The van der Waals surface area contributed by atoms with E-state index in [2.05, 4.69) is 21.4 Å². The number of nitrogens with zero attached hydrogens (tertiary/aromatic N) is 4. The van der Waals surface area contributed by atoms with Crippen molar-refractivity contribution in [3.8, 4) is 23.2 Å². The number of rotatable bonds is 6. The van der Waals surface area contributed by atoms with E-state index in [0.29, 0.717) is 21.9 Å². The number of para-hydroxylation sites is 1. The maximum Gasteiger partial charge on any atom is 0.216 e. The van der Waals surface area contributed by atoms with Crippen LogP contribution in [0.2, 0.25) is 0 Å². The predicted octanol–water partition coefficient (Wildman–Crippen LogP) is 4.94. The zero-order valence-electron chi connectivity index (χ0n) is 15.9. The number of hydrogen-bond donors (Lipinski definition) is 1. The molecule has 4 rings (SSSR count). The minimum absolute atomic E-state index is 0.287. The van der Waals surface area contributed by atoms with E-state index in [-0.39, 0.29) is 6.61 Å². The summed E-state index contributed by atoms with van der Waals surface area (Å²) >= 11 is 5.33. The first-order chi connectivity index (χ1) is 14.8. The lowest BCUT2D eigenvalue weighted by molar-refractivity contribution is 0.305. The summed E-state index contributed by atoms with van der Waals surface area (Å²) in [7, 11) is 0. The topological polar surface area (TPSA) is 79.0 Å². The molecule has 0 saturated carbocycles. The maximum atomic E-state index is 9.26. The molecule has 30 heavy (non-hydrogen) atoms. The van der Waals surface area contributed by atoms with E-state index >= 15 is 0 Å². The van der Waals surface area contributed by atoms with Gasteiger partial charge in [0.1, 0.15) is 12.4 Å². The molecule has 7 heteroatoms. The number of benzene rings is 3. The van der Waals surface area contributed by atoms with Crippen LogP contribution < -0.4 is 4.74 Å². The van der Waals surface area contributed by atoms with Gasteiger partial charge in [0, 0.05) is 16.7 Å². The van der Waals surface area contributed by atoms with E-state index in [1.54, 1.807) is 17.0 Å². The average molecular weight is 411 g/mol. The zero-order chi connectivity index (χ0) is 20.8. The Labute approximate surface area is 178 Å². The van der Waals surface area contributed by atoms with Crippen molar-refractivity contribution < 1.29 is 4.74 Å². The van der Waals surface area contributed by atoms with E-state index in [9.17, 15) is 5.26 Å². The standard InChI is InChI=1S/C23H17N5OS/c24-14-18-10-4-5-12-20(18)16-29-21-13-7-6-11-19(21)15-25-28-22(26-27-23(28)30)17-8-2-1-3-9-17/h1-13,15H,16H2,(H,27,30)/b25-15-. The summed E-state index contributed by atoms with van der Waals surface area (Å²) in [4.78, 5) is 0. The Morgan fingerprint density at radius 3 is 2.60 bits per heavy atom. The first-order valence-electron chi connectivity index (χ1n) is 9.23. The van der Waals surface area contributed by atoms with Crippen molar-refractivity contribution in [1.29, 1.82) is 5.26 Å². The van der Waals surface area contributed by atoms with Gasteiger partial charge in [-0.3, -0.25) is 0 Å². The molecule has 0 atom stereocenters. The first kappa shape index (κ1) is 19.3. The fraction of sp³-hybridized carbons (Fsp3) is 0.0435. The van der Waals surface area contributed by atoms with Gasteiger partial charge in [0.05, 0.1) is 17.8 Å². The summed E-state index contributed by atoms with van der Waals surface area (Å²) in [6, 6.07) is 26.8. The van der Waals surface area contributed by atoms with Gasteiger partial charge >= 0.3 is 0 Å². The van der Waals surface area contributed by atoms with Crippen LogP contribution in [0.15, 0.2) is 84.0 Å². The van der Waals surface area contributed by atoms with Crippen molar-refractivity contribution in [2.45, 2.75) is 6.61 Å². The van der Waals surface area contributed by atoms with Gasteiger partial charge in [-0.2, -0.15) is 20.1 Å². The van der Waals surface area contributed by atoms with Gasteiger partial charge in [0.25, 0.3) is 0 Å². The van der Waals surface area contributed by atoms with Gasteiger partial charge in [0.15, 0.2) is 5.82 Å². The highest BCUT2D eigenvalue weighted by molar-refractivity contribution is 7.71. The van der Waals surface area contributed by atoms with Gasteiger partial charge in [-0.05, 0) is 30.4 Å². The molecular formula is C23H17N5OS. The second-order valence-electron chi connectivity index (χ2n) is 6.37. The Balaban J connectivity index is 1.60. The highest BCUT2D eigenvalue weighted by Crippen LogP contribution is 2.20. The van der Waals surface area contributed by atoms with Crippen LogP contribution in [0.4, 0.5) is 0 Å². The van der Waals surface area contributed by atoms with E-state index in [1.807, 2.05) is 72.8 Å². The lowest BCUT2D eigenvalue weighted by Gasteiger charge is -2.10. The van der Waals surface area contributed by atoms with E-state index in [0.717, 1.165) is 16.7 Å². The van der Waals surface area contributed by atoms with Gasteiger partial charge in [0.2, 0.25) is 4.77 Å². The molecule has 1 N–H and O–H groups in total. The van der Waals surface area contributed by atoms with Crippen LogP contribution in [0.5, 0.6) is 5.75 Å². The normalized spacial score (nSPS) is 10.8. The number of ether oxygens (including phenoxy) is 1. The van der Waals surface area contributed by atoms with E-state index < -0.39 is 0 Å². The predicted molar refractivity (Wildman–Crippen MR) is 118 cm³/mol. The molecule has 0 aliphatic rings. The van der Waals surface area contributed by atoms with Crippen LogP contribution in [0.3, 0.4) is 0 Å². The molecule has 146 valence electrons. The molecule has 0 aliphatic heterocycles. The highest BCUT2D eigenvalue weighted by Gasteiger charge is 2.08. The molecule has 0 amide bonds. The van der Waals surface area contributed by atoms with Crippen LogP contribution in [0, 0.1) is 16.1 Å². The third kappa shape index (κ3) is 4.19. The number of nitriles is 1. The van der Waals surface area contributed by atoms with Crippen LogP contribution in [-0.2, 0) is 6.61 Å². The Bertz CT molecular complexity index is 1280. The summed E-state index contributed by atoms with van der Waals surface area (Å²) in [5.74, 6) is 1.28. The van der Waals surface area contributed by atoms with Gasteiger partial charge in [-0.1, -0.05) is 60.7 Å². The highest BCUT2D eigenvalue weighted by atomic mass is 32.1. The van der Waals surface area contributed by atoms with E-state index in [1.165, 1.54) is 0 Å². The minimum Gasteiger partial charge on any atom is -0.488 e. The Morgan fingerprint density at radius 1 is 1.03 bits per heavy atom. The summed E-state index contributed by atoms with van der Waals surface area (Å²) in [5, 5.41) is 20.9. The van der Waals surface area contributed by atoms with Crippen molar-refractivity contribution in [3.05, 3.63) is 100 Å². The van der Waals surface area contributed by atoms with Crippen molar-refractivity contribution in [1.82, 2.24) is 14.9 Å². The summed E-state index contributed by atoms with van der Waals surface area (Å²) in [6.45, 7) is 0.287. The number of aromatic nitrogens is 3. The summed E-state index contributed by atoms with van der Waals surface area (Å²) in [6.07, 6.45) is 1.68. The van der Waals surface area contributed by atoms with Crippen molar-refractivity contribution >= 4 is 18.4 Å². The largest absolute Gasteiger partial charge is 0.488 e. The molecule has 0 bridgehead atoms. The molecule has 0 spiro atoms. The molecule has 0 saturated heterocycles. The molecular weight excluding hydrogens is 394 g/mol. The molecule has 0 fully saturated rings. The smallest absolute Gasteiger partial charge is 0.216 e. The number of H-pyrrole nitrogens is 1. The Hall–Kier alpha value is -4.02. The van der Waals surface area contributed by atoms with E-state index in [4.69, 9.17) is 17.0 Å². The molecule has 4 aromatic rings. The summed E-state index contributed by atoms with van der Waals surface area (Å²) in [5.41, 5.74) is 3.12. The Morgan fingerprint density at radius 2 is 1.77 bits per heavy atom. The lowest BCUT2D eigenvalue weighted by atomic mass is 10.1. The van der Waals surface area contributed by atoms with Gasteiger partial charge < -0.3 is 4.74 Å². The second kappa shape index (κ2) is 8.99. The van der Waals surface area contributed by atoms with Crippen LogP contribution in [0.25, 0.3) is 11.4 Å². The average Bonchev–Trinajstić information content (AvgIpc) is 3.17. The van der Waals surface area contributed by atoms with Crippen LogP contribution in [0.1, 0.15) is 16.7 Å². The Kier molecular flexibility index (Phi) is 5.78. The van der Waals surface area contributed by atoms with Crippen molar-refractivity contribution in [2.75, 3.05) is 0 Å². The molecule has 3 aromatic carbocycles. The monoisotopic (exact) mass is 411 g/mol. The van der Waals surface area contributed by atoms with Gasteiger partial charge in [-0.25, -0.2) is 5.10 Å². The number of aromatic amines is 1. The molecule has 1 heterocycles. The minimum atomic E-state index is 0.287. The van der Waals surface area contributed by atoms with Crippen molar-refractivity contribution in [2.24, 2.45) is 5.10 Å². The zero-order valence-corrected chi connectivity index (χ0v) is 16.7. The number of hydrogen-bond acceptors (Lipinski definition) is 5. The second-order valence-corrected chi connectivity index (χ2v) is 6.76. The summed E-state index contributed by atoms with van der Waals surface area (Å²) < 4.78 is 7.95. The maximum absolute atomic E-state index is 9.26. The quantitative estimate of drug-likeness (QED) is 0.360. The molecule has 1 aromatic heterocycles. The van der Waals surface area contributed by atoms with Crippen LogP contribution in [-0.4, -0.2) is 21.1 Å². The molecule has 0 radical (unpaired) electrons. The van der Waals surface area contributed by atoms with Gasteiger partial charge in [-0.15, -0.1) is 0 Å². The lowest BCUT2D eigenvalue weighted by Crippen LogP contribution is -2.01. The molecule has 6 nitrogen and oxygen atoms in total. The number of nitrogens with one attached hydrogen (secondary N) is 1. The van der Waals surface area contributed by atoms with Crippen LogP contribution >= 0.6 is 12.2 Å². The van der Waals surface area contributed by atoms with Crippen molar-refractivity contribution in [3.63, 3.8) is 0 Å². The third-order valence-corrected chi connectivity index (χ3v) is 4.70. The fourth-order valence-electron chi connectivity index (χ4n) is 2.92.